The summed E-state index contributed by atoms with van der Waals surface area (Å²) < 4.78 is 48.3. The van der Waals surface area contributed by atoms with Gasteiger partial charge in [0.25, 0.3) is 0 Å². The van der Waals surface area contributed by atoms with Crippen LogP contribution < -0.4 is 30.7 Å². The fraction of sp³-hybridized carbons (Fsp3) is 0.0769. The highest BCUT2D eigenvalue weighted by atomic mass is 32.2. The van der Waals surface area contributed by atoms with E-state index < -0.39 is 17.4 Å². The van der Waals surface area contributed by atoms with Crippen molar-refractivity contribution in [2.24, 2.45) is 0 Å². The van der Waals surface area contributed by atoms with Crippen LogP contribution in [0, 0.1) is 0 Å². The molecule has 0 aliphatic carbocycles. The van der Waals surface area contributed by atoms with Gasteiger partial charge in [-0.25, -0.2) is 8.42 Å². The topological polar surface area (TPSA) is 75.7 Å². The highest BCUT2D eigenvalue weighted by molar-refractivity contribution is 8.02. The first-order chi connectivity index (χ1) is 15.9. The molecule has 7 heteroatoms. The van der Waals surface area contributed by atoms with Gasteiger partial charge in [-0.1, -0.05) is 48.5 Å². The third-order valence-corrected chi connectivity index (χ3v) is 10.9. The number of ether oxygens (including phenoxy) is 2. The van der Waals surface area contributed by atoms with Gasteiger partial charge in [-0.15, -0.1) is 0 Å². The van der Waals surface area contributed by atoms with Crippen molar-refractivity contribution in [2.75, 3.05) is 14.2 Å². The van der Waals surface area contributed by atoms with E-state index in [9.17, 15) is 13.0 Å². The molecule has 0 fully saturated rings. The molecule has 0 aliphatic rings. The van der Waals surface area contributed by atoms with E-state index in [0.29, 0.717) is 16.8 Å². The van der Waals surface area contributed by atoms with E-state index in [1.165, 1.54) is 6.07 Å². The largest absolute Gasteiger partial charge is 0.744 e. The Labute approximate surface area is 194 Å². The monoisotopic (exact) mass is 478 g/mol. The lowest BCUT2D eigenvalue weighted by molar-refractivity contribution is 0.355. The van der Waals surface area contributed by atoms with Crippen LogP contribution in [0.1, 0.15) is 0 Å². The molecule has 0 saturated heterocycles. The summed E-state index contributed by atoms with van der Waals surface area (Å²) in [5.41, 5.74) is 0. The smallest absolute Gasteiger partial charge is 0.164 e. The molecular formula is C26H23O5PS. The van der Waals surface area contributed by atoms with Gasteiger partial charge in [0, 0.05) is 6.07 Å². The molecule has 4 aromatic carbocycles. The first kappa shape index (κ1) is 23.0. The number of hydrogen-bond acceptors (Lipinski definition) is 5. The van der Waals surface area contributed by atoms with Crippen LogP contribution in [0.2, 0.25) is 0 Å². The van der Waals surface area contributed by atoms with Gasteiger partial charge in [0.1, 0.15) is 38.6 Å². The van der Waals surface area contributed by atoms with Crippen molar-refractivity contribution >= 4 is 38.6 Å². The summed E-state index contributed by atoms with van der Waals surface area (Å²) in [6.07, 6.45) is 0. The molecule has 0 saturated carbocycles. The van der Waals surface area contributed by atoms with Crippen molar-refractivity contribution in [2.45, 2.75) is 4.90 Å². The quantitative estimate of drug-likeness (QED) is 0.301. The molecule has 0 N–H and O–H groups in total. The zero-order valence-electron chi connectivity index (χ0n) is 18.2. The first-order valence-corrected chi connectivity index (χ1v) is 13.4. The third kappa shape index (κ3) is 4.13. The Morgan fingerprint density at radius 3 is 1.67 bits per heavy atom. The van der Waals surface area contributed by atoms with Crippen LogP contribution in [0.4, 0.5) is 0 Å². The average Bonchev–Trinajstić information content (AvgIpc) is 2.85. The Balaban J connectivity index is 2.23. The van der Waals surface area contributed by atoms with Gasteiger partial charge in [0.05, 0.1) is 19.1 Å². The lowest BCUT2D eigenvalue weighted by Gasteiger charge is -2.30. The van der Waals surface area contributed by atoms with Gasteiger partial charge in [0.2, 0.25) is 0 Å². The first-order valence-electron chi connectivity index (χ1n) is 10.2. The van der Waals surface area contributed by atoms with Gasteiger partial charge in [-0.05, 0) is 48.5 Å². The maximum Gasteiger partial charge on any atom is 0.164 e. The number of methoxy groups -OCH3 is 2. The summed E-state index contributed by atoms with van der Waals surface area (Å²) in [7, 11) is -4.45. The van der Waals surface area contributed by atoms with Gasteiger partial charge in [-0.2, -0.15) is 0 Å². The minimum Gasteiger partial charge on any atom is -0.744 e. The van der Waals surface area contributed by atoms with Crippen LogP contribution in [0.5, 0.6) is 11.5 Å². The molecule has 0 aliphatic heterocycles. The Bertz CT molecular complexity index is 1320. The average molecular weight is 479 g/mol. The molecule has 0 heterocycles. The van der Waals surface area contributed by atoms with Crippen LogP contribution in [0.15, 0.2) is 108 Å². The second-order valence-corrected chi connectivity index (χ2v) is 12.0. The normalized spacial score (nSPS) is 11.7. The van der Waals surface area contributed by atoms with E-state index in [4.69, 9.17) is 9.47 Å². The van der Waals surface area contributed by atoms with E-state index in [-0.39, 0.29) is 4.90 Å². The fourth-order valence-electron chi connectivity index (χ4n) is 4.15. The summed E-state index contributed by atoms with van der Waals surface area (Å²) in [5, 5.41) is 3.15. The summed E-state index contributed by atoms with van der Waals surface area (Å²) in [4.78, 5) is -0.221. The molecule has 0 bridgehead atoms. The molecule has 5 nitrogen and oxygen atoms in total. The Morgan fingerprint density at radius 1 is 0.636 bits per heavy atom. The molecule has 4 rings (SSSR count). The molecular weight excluding hydrogens is 455 g/mol. The van der Waals surface area contributed by atoms with Crippen molar-refractivity contribution in [1.29, 1.82) is 0 Å². The SMILES string of the molecule is COc1ccc([P+](c2ccccc2)(c2ccccc2)c2ccccc2S(=O)(=O)[O-])cc1OC. The van der Waals surface area contributed by atoms with E-state index in [1.807, 2.05) is 78.9 Å². The maximum atomic E-state index is 12.4. The van der Waals surface area contributed by atoms with Gasteiger partial charge < -0.3 is 14.0 Å². The summed E-state index contributed by atoms with van der Waals surface area (Å²) in [6.45, 7) is 0. The summed E-state index contributed by atoms with van der Waals surface area (Å²) in [6, 6.07) is 31.5. The number of hydrogen-bond donors (Lipinski definition) is 0. The molecule has 0 spiro atoms. The highest BCUT2D eigenvalue weighted by Crippen LogP contribution is 2.56. The third-order valence-electron chi connectivity index (χ3n) is 5.54. The van der Waals surface area contributed by atoms with Gasteiger partial charge in [-0.3, -0.25) is 0 Å². The molecule has 0 unspecified atom stereocenters. The van der Waals surface area contributed by atoms with Gasteiger partial charge >= 0.3 is 0 Å². The zero-order chi connectivity index (χ0) is 23.5. The van der Waals surface area contributed by atoms with E-state index in [1.54, 1.807) is 32.4 Å². The van der Waals surface area contributed by atoms with Crippen molar-refractivity contribution < 1.29 is 22.4 Å². The van der Waals surface area contributed by atoms with Crippen LogP contribution >= 0.6 is 7.26 Å². The zero-order valence-corrected chi connectivity index (χ0v) is 19.9. The van der Waals surface area contributed by atoms with E-state index in [0.717, 1.165) is 15.9 Å². The van der Waals surface area contributed by atoms with Crippen LogP contribution in [0.3, 0.4) is 0 Å². The predicted octanol–water partition coefficient (Wildman–Crippen LogP) is 3.23. The minimum atomic E-state index is -4.75. The van der Waals surface area contributed by atoms with Crippen LogP contribution in [-0.4, -0.2) is 27.2 Å². The Kier molecular flexibility index (Phi) is 6.52. The Hall–Kier alpha value is -3.18. The van der Waals surface area contributed by atoms with Crippen LogP contribution in [-0.2, 0) is 10.1 Å². The lowest BCUT2D eigenvalue weighted by atomic mass is 10.3. The molecule has 168 valence electrons. The predicted molar refractivity (Wildman–Crippen MR) is 132 cm³/mol. The maximum absolute atomic E-state index is 12.4. The van der Waals surface area contributed by atoms with Crippen molar-refractivity contribution in [3.05, 3.63) is 103 Å². The second-order valence-electron chi connectivity index (χ2n) is 7.30. The summed E-state index contributed by atoms with van der Waals surface area (Å²) >= 11 is 0. The lowest BCUT2D eigenvalue weighted by Crippen LogP contribution is -2.40. The molecule has 0 atom stereocenters. The molecule has 4 aromatic rings. The van der Waals surface area contributed by atoms with Crippen molar-refractivity contribution in [3.8, 4) is 11.5 Å². The standard InChI is InChI=1S/C26H23O5PS/c1-30-23-18-17-22(19-24(23)31-2)32(20-11-5-3-6-12-20,21-13-7-4-8-14-21)25-15-9-10-16-26(25)33(27,28)29/h3-19H,1-2H3. The van der Waals surface area contributed by atoms with E-state index >= 15 is 0 Å². The Morgan fingerprint density at radius 2 is 1.15 bits per heavy atom. The molecule has 0 radical (unpaired) electrons. The second kappa shape index (κ2) is 9.36. The van der Waals surface area contributed by atoms with Crippen molar-refractivity contribution in [1.82, 2.24) is 0 Å². The van der Waals surface area contributed by atoms with Crippen LogP contribution in [0.25, 0.3) is 0 Å². The summed E-state index contributed by atoms with van der Waals surface area (Å²) in [5.74, 6) is 1.08. The number of benzene rings is 4. The molecule has 0 amide bonds. The van der Waals surface area contributed by atoms with Gasteiger partial charge in [0.15, 0.2) is 11.5 Å². The van der Waals surface area contributed by atoms with E-state index in [2.05, 4.69) is 0 Å². The molecule has 33 heavy (non-hydrogen) atoms. The highest BCUT2D eigenvalue weighted by Gasteiger charge is 2.50. The number of rotatable bonds is 7. The fourth-order valence-corrected chi connectivity index (χ4v) is 9.75. The minimum absolute atomic E-state index is 0.221. The van der Waals surface area contributed by atoms with Crippen molar-refractivity contribution in [3.63, 3.8) is 0 Å². The molecule has 0 aromatic heterocycles.